The number of fused-ring (bicyclic) bond motifs is 1. The maximum absolute atomic E-state index is 14.3. The fourth-order valence-electron chi connectivity index (χ4n) is 4.27. The summed E-state index contributed by atoms with van der Waals surface area (Å²) >= 11 is 0. The summed E-state index contributed by atoms with van der Waals surface area (Å²) in [7, 11) is -4.10. The Morgan fingerprint density at radius 1 is 1.25 bits per heavy atom. The first-order valence-corrected chi connectivity index (χ1v) is 12.2. The van der Waals surface area contributed by atoms with Crippen LogP contribution in [-0.2, 0) is 19.4 Å². The second-order valence-electron chi connectivity index (χ2n) is 8.01. The maximum atomic E-state index is 14.3. The third-order valence-electron chi connectivity index (χ3n) is 5.99. The quantitative estimate of drug-likeness (QED) is 0.327. The van der Waals surface area contributed by atoms with E-state index in [0.29, 0.717) is 12.8 Å². The Hall–Kier alpha value is -2.87. The largest absolute Gasteiger partial charge is 0.481 e. The van der Waals surface area contributed by atoms with Crippen molar-refractivity contribution in [1.82, 2.24) is 0 Å². The molecule has 0 aliphatic carbocycles. The number of para-hydroxylation sites is 1. The fraction of sp³-hybridized carbons (Fsp3) is 0.375. The molecule has 2 atom stereocenters. The number of ether oxygens (including phenoxy) is 1. The smallest absolute Gasteiger partial charge is 0.331 e. The Balaban J connectivity index is 2.27. The van der Waals surface area contributed by atoms with E-state index in [1.807, 2.05) is 49.1 Å². The number of hydrogen-bond donors (Lipinski definition) is 1. The molecule has 0 radical (unpaired) electrons. The van der Waals surface area contributed by atoms with Gasteiger partial charge in [0, 0.05) is 17.6 Å². The molecule has 1 heterocycles. The van der Waals surface area contributed by atoms with E-state index in [2.05, 4.69) is 0 Å². The summed E-state index contributed by atoms with van der Waals surface area (Å²) in [5.74, 6) is -1.78. The van der Waals surface area contributed by atoms with E-state index in [1.165, 1.54) is 12.1 Å². The average molecular weight is 462 g/mol. The molecule has 2 unspecified atom stereocenters. The lowest BCUT2D eigenvalue weighted by molar-refractivity contribution is -0.131. The first-order chi connectivity index (χ1) is 15.2. The van der Waals surface area contributed by atoms with Gasteiger partial charge < -0.3 is 14.7 Å². The van der Waals surface area contributed by atoms with E-state index in [1.54, 1.807) is 0 Å². The number of carbonyl (C=O) groups is 1. The van der Waals surface area contributed by atoms with Crippen LogP contribution in [0.1, 0.15) is 39.5 Å². The standard InChI is InChI=1S/C24H28FNO5S/c1-3-5-14-24(4-2)17-26(19-9-7-6-8-10-19)20-16-18(25)11-12-21(20)32(29,30)23(24)31-15-13-22(27)28/h6-13,15-16,23H,3-5,14,17H2,1-2H3,(H,27,28)/b15-13+. The normalized spacial score (nSPS) is 22.3. The summed E-state index contributed by atoms with van der Waals surface area (Å²) in [6.45, 7) is 4.20. The van der Waals surface area contributed by atoms with Crippen molar-refractivity contribution in [3.8, 4) is 0 Å². The van der Waals surface area contributed by atoms with Gasteiger partial charge >= 0.3 is 5.97 Å². The first-order valence-electron chi connectivity index (χ1n) is 10.7. The molecule has 0 saturated heterocycles. The van der Waals surface area contributed by atoms with Crippen LogP contribution in [0.5, 0.6) is 0 Å². The summed E-state index contributed by atoms with van der Waals surface area (Å²) in [6, 6.07) is 12.9. The number of anilines is 2. The number of sulfone groups is 1. The van der Waals surface area contributed by atoms with E-state index in [0.717, 1.165) is 36.9 Å². The van der Waals surface area contributed by atoms with E-state index in [-0.39, 0.29) is 17.1 Å². The van der Waals surface area contributed by atoms with Crippen LogP contribution in [0, 0.1) is 11.2 Å². The van der Waals surface area contributed by atoms with Crippen LogP contribution in [0.4, 0.5) is 15.8 Å². The van der Waals surface area contributed by atoms with Crippen LogP contribution >= 0.6 is 0 Å². The van der Waals surface area contributed by atoms with E-state index >= 15 is 0 Å². The second kappa shape index (κ2) is 9.73. The van der Waals surface area contributed by atoms with Gasteiger partial charge in [0.1, 0.15) is 5.82 Å². The lowest BCUT2D eigenvalue weighted by atomic mass is 9.79. The van der Waals surface area contributed by atoms with Gasteiger partial charge in [0.15, 0.2) is 0 Å². The van der Waals surface area contributed by atoms with Crippen LogP contribution in [0.3, 0.4) is 0 Å². The van der Waals surface area contributed by atoms with Crippen molar-refractivity contribution in [3.05, 3.63) is 66.7 Å². The molecule has 2 aromatic rings. The van der Waals surface area contributed by atoms with Gasteiger partial charge in [0.25, 0.3) is 0 Å². The Labute approximate surface area is 188 Å². The van der Waals surface area contributed by atoms with Crippen molar-refractivity contribution < 1.29 is 27.4 Å². The van der Waals surface area contributed by atoms with Gasteiger partial charge in [-0.25, -0.2) is 17.6 Å². The average Bonchev–Trinajstić information content (AvgIpc) is 2.84. The van der Waals surface area contributed by atoms with Crippen LogP contribution in [0.15, 0.2) is 65.8 Å². The highest BCUT2D eigenvalue weighted by atomic mass is 32.2. The molecule has 1 N–H and O–H groups in total. The third-order valence-corrected chi connectivity index (χ3v) is 8.12. The Bertz CT molecular complexity index is 1090. The molecule has 172 valence electrons. The zero-order valence-electron chi connectivity index (χ0n) is 18.2. The van der Waals surface area contributed by atoms with Gasteiger partial charge in [0.05, 0.1) is 22.9 Å². The van der Waals surface area contributed by atoms with Gasteiger partial charge in [-0.05, 0) is 43.2 Å². The summed E-state index contributed by atoms with van der Waals surface area (Å²) in [6.07, 6.45) is 4.34. The minimum Gasteiger partial charge on any atom is -0.481 e. The second-order valence-corrected chi connectivity index (χ2v) is 9.97. The number of unbranched alkanes of at least 4 members (excludes halogenated alkanes) is 1. The van der Waals surface area contributed by atoms with Crippen LogP contribution in [-0.4, -0.2) is 31.5 Å². The summed E-state index contributed by atoms with van der Waals surface area (Å²) in [5.41, 5.74) is -1.19. The lowest BCUT2D eigenvalue weighted by Crippen LogP contribution is -2.46. The minimum absolute atomic E-state index is 0.0386. The molecular weight excluding hydrogens is 433 g/mol. The van der Waals surface area contributed by atoms with Crippen LogP contribution < -0.4 is 4.90 Å². The molecule has 6 nitrogen and oxygen atoms in total. The monoisotopic (exact) mass is 461 g/mol. The highest BCUT2D eigenvalue weighted by molar-refractivity contribution is 7.92. The van der Waals surface area contributed by atoms with Gasteiger partial charge in [0.2, 0.25) is 15.3 Å². The molecule has 0 fully saturated rings. The molecule has 0 aromatic heterocycles. The topological polar surface area (TPSA) is 83.9 Å². The summed E-state index contributed by atoms with van der Waals surface area (Å²) in [5, 5.41) is 8.97. The van der Waals surface area contributed by atoms with Crippen molar-refractivity contribution in [2.24, 2.45) is 5.41 Å². The van der Waals surface area contributed by atoms with E-state index in [9.17, 15) is 17.6 Å². The molecular formula is C24H28FNO5S. The summed E-state index contributed by atoms with van der Waals surface area (Å²) in [4.78, 5) is 12.8. The van der Waals surface area contributed by atoms with Crippen LogP contribution in [0.25, 0.3) is 0 Å². The minimum atomic E-state index is -4.10. The number of halogens is 1. The van der Waals surface area contributed by atoms with Crippen molar-refractivity contribution in [2.75, 3.05) is 11.4 Å². The number of carboxylic acids is 1. The van der Waals surface area contributed by atoms with Crippen LogP contribution in [0.2, 0.25) is 0 Å². The van der Waals surface area contributed by atoms with E-state index in [4.69, 9.17) is 9.84 Å². The van der Waals surface area contributed by atoms with Gasteiger partial charge in [-0.2, -0.15) is 0 Å². The number of carboxylic acid groups (broad SMARTS) is 1. The third kappa shape index (κ3) is 4.65. The number of nitrogens with zero attached hydrogens (tertiary/aromatic N) is 1. The molecule has 1 aliphatic rings. The first kappa shape index (κ1) is 23.8. The molecule has 0 amide bonds. The van der Waals surface area contributed by atoms with Gasteiger partial charge in [-0.3, -0.25) is 0 Å². The zero-order valence-corrected chi connectivity index (χ0v) is 19.0. The molecule has 32 heavy (non-hydrogen) atoms. The molecule has 2 aromatic carbocycles. The number of aliphatic carboxylic acids is 1. The maximum Gasteiger partial charge on any atom is 0.331 e. The number of hydrogen-bond acceptors (Lipinski definition) is 5. The SMILES string of the molecule is CCCCC1(CC)CN(c2ccccc2)c2cc(F)ccc2S(=O)(=O)C1O/C=C/C(=O)O. The predicted octanol–water partition coefficient (Wildman–Crippen LogP) is 5.28. The van der Waals surface area contributed by atoms with Crippen molar-refractivity contribution >= 4 is 27.2 Å². The number of rotatable bonds is 8. The molecule has 8 heteroatoms. The zero-order chi connectivity index (χ0) is 23.4. The van der Waals surface area contributed by atoms with Gasteiger partial charge in [-0.1, -0.05) is 44.9 Å². The summed E-state index contributed by atoms with van der Waals surface area (Å²) < 4.78 is 47.7. The molecule has 3 rings (SSSR count). The molecule has 0 bridgehead atoms. The highest BCUT2D eigenvalue weighted by Crippen LogP contribution is 2.48. The lowest BCUT2D eigenvalue weighted by Gasteiger charge is -2.40. The van der Waals surface area contributed by atoms with Crippen molar-refractivity contribution in [2.45, 2.75) is 49.9 Å². The Morgan fingerprint density at radius 2 is 1.97 bits per heavy atom. The molecule has 0 spiro atoms. The van der Waals surface area contributed by atoms with Gasteiger partial charge in [-0.15, -0.1) is 0 Å². The Kier molecular flexibility index (Phi) is 7.23. The molecule has 0 saturated carbocycles. The number of benzene rings is 2. The van der Waals surface area contributed by atoms with Crippen molar-refractivity contribution in [1.29, 1.82) is 0 Å². The van der Waals surface area contributed by atoms with E-state index < -0.39 is 32.5 Å². The molecule has 1 aliphatic heterocycles. The fourth-order valence-corrected chi connectivity index (χ4v) is 6.44. The highest BCUT2D eigenvalue weighted by Gasteiger charge is 2.51. The predicted molar refractivity (Wildman–Crippen MR) is 121 cm³/mol. The Morgan fingerprint density at radius 3 is 2.59 bits per heavy atom. The van der Waals surface area contributed by atoms with Crippen molar-refractivity contribution in [3.63, 3.8) is 0 Å².